The summed E-state index contributed by atoms with van der Waals surface area (Å²) in [5, 5.41) is 0.864. The van der Waals surface area contributed by atoms with Crippen LogP contribution in [0.5, 0.6) is 0 Å². The van der Waals surface area contributed by atoms with Gasteiger partial charge < -0.3 is 5.73 Å². The number of benzene rings is 1. The van der Waals surface area contributed by atoms with Gasteiger partial charge in [0.05, 0.1) is 5.52 Å². The first-order chi connectivity index (χ1) is 7.56. The van der Waals surface area contributed by atoms with E-state index in [4.69, 9.17) is 5.73 Å². The molecule has 0 spiro atoms. The second-order valence-electron chi connectivity index (χ2n) is 4.27. The SMILES string of the molecule is Cc1cc(CC(C)N)c2cc(F)ccc2n1. The summed E-state index contributed by atoms with van der Waals surface area (Å²) in [5.41, 5.74) is 8.63. The lowest BCUT2D eigenvalue weighted by molar-refractivity contribution is 0.629. The summed E-state index contributed by atoms with van der Waals surface area (Å²) in [6, 6.07) is 6.71. The summed E-state index contributed by atoms with van der Waals surface area (Å²) >= 11 is 0. The molecule has 0 bridgehead atoms. The molecule has 1 aromatic heterocycles. The second kappa shape index (κ2) is 4.18. The molecular weight excluding hydrogens is 203 g/mol. The first-order valence-corrected chi connectivity index (χ1v) is 5.37. The molecule has 0 saturated heterocycles. The smallest absolute Gasteiger partial charge is 0.123 e. The number of hydrogen-bond acceptors (Lipinski definition) is 2. The van der Waals surface area contributed by atoms with Crippen molar-refractivity contribution in [2.45, 2.75) is 26.3 Å². The fourth-order valence-electron chi connectivity index (χ4n) is 1.93. The maximum atomic E-state index is 13.2. The monoisotopic (exact) mass is 218 g/mol. The summed E-state index contributed by atoms with van der Waals surface area (Å²) in [6.45, 7) is 3.88. The molecular formula is C13H15FN2. The average Bonchev–Trinajstić information content (AvgIpc) is 2.18. The molecule has 2 nitrogen and oxygen atoms in total. The molecule has 0 saturated carbocycles. The van der Waals surface area contributed by atoms with Crippen LogP contribution in [0.1, 0.15) is 18.2 Å². The predicted octanol–water partition coefficient (Wildman–Crippen LogP) is 2.57. The van der Waals surface area contributed by atoms with Crippen LogP contribution in [-0.4, -0.2) is 11.0 Å². The van der Waals surface area contributed by atoms with Crippen LogP contribution in [-0.2, 0) is 6.42 Å². The highest BCUT2D eigenvalue weighted by molar-refractivity contribution is 5.82. The lowest BCUT2D eigenvalue weighted by Crippen LogP contribution is -2.18. The van der Waals surface area contributed by atoms with Gasteiger partial charge in [-0.15, -0.1) is 0 Å². The molecule has 2 aromatic rings. The molecule has 2 rings (SSSR count). The van der Waals surface area contributed by atoms with Crippen molar-refractivity contribution in [2.24, 2.45) is 5.73 Å². The first-order valence-electron chi connectivity index (χ1n) is 5.37. The molecule has 1 aromatic carbocycles. The molecule has 16 heavy (non-hydrogen) atoms. The van der Waals surface area contributed by atoms with Gasteiger partial charge in [0.15, 0.2) is 0 Å². The Hall–Kier alpha value is -1.48. The lowest BCUT2D eigenvalue weighted by atomic mass is 10.0. The Bertz CT molecular complexity index is 521. The van der Waals surface area contributed by atoms with E-state index in [1.807, 2.05) is 19.9 Å². The van der Waals surface area contributed by atoms with Gasteiger partial charge in [-0.1, -0.05) is 0 Å². The van der Waals surface area contributed by atoms with Crippen molar-refractivity contribution in [1.29, 1.82) is 0 Å². The van der Waals surface area contributed by atoms with E-state index in [9.17, 15) is 4.39 Å². The highest BCUT2D eigenvalue weighted by atomic mass is 19.1. The van der Waals surface area contributed by atoms with Gasteiger partial charge >= 0.3 is 0 Å². The fourth-order valence-corrected chi connectivity index (χ4v) is 1.93. The van der Waals surface area contributed by atoms with E-state index in [1.165, 1.54) is 12.1 Å². The average molecular weight is 218 g/mol. The zero-order valence-electron chi connectivity index (χ0n) is 9.50. The number of rotatable bonds is 2. The Morgan fingerprint density at radius 3 is 2.81 bits per heavy atom. The molecule has 0 aliphatic rings. The molecule has 84 valence electrons. The minimum atomic E-state index is -0.232. The van der Waals surface area contributed by atoms with Gasteiger partial charge in [0.25, 0.3) is 0 Å². The maximum Gasteiger partial charge on any atom is 0.123 e. The molecule has 2 N–H and O–H groups in total. The van der Waals surface area contributed by atoms with Crippen LogP contribution in [0.15, 0.2) is 24.3 Å². The van der Waals surface area contributed by atoms with Gasteiger partial charge in [0, 0.05) is 17.1 Å². The predicted molar refractivity (Wildman–Crippen MR) is 63.8 cm³/mol. The number of aryl methyl sites for hydroxylation is 1. The zero-order chi connectivity index (χ0) is 11.7. The van der Waals surface area contributed by atoms with Crippen molar-refractivity contribution in [1.82, 2.24) is 4.98 Å². The van der Waals surface area contributed by atoms with E-state index in [1.54, 1.807) is 6.07 Å². The first kappa shape index (κ1) is 11.0. The third-order valence-electron chi connectivity index (χ3n) is 2.53. The molecule has 1 heterocycles. The van der Waals surface area contributed by atoms with E-state index < -0.39 is 0 Å². The number of nitrogens with two attached hydrogens (primary N) is 1. The molecule has 0 aliphatic carbocycles. The van der Waals surface area contributed by atoms with Crippen LogP contribution >= 0.6 is 0 Å². The van der Waals surface area contributed by atoms with E-state index in [0.717, 1.165) is 28.6 Å². The highest BCUT2D eigenvalue weighted by Gasteiger charge is 2.07. The van der Waals surface area contributed by atoms with Crippen LogP contribution in [0.2, 0.25) is 0 Å². The molecule has 1 atom stereocenters. The van der Waals surface area contributed by atoms with Crippen LogP contribution in [0.25, 0.3) is 10.9 Å². The number of halogens is 1. The minimum absolute atomic E-state index is 0.0632. The number of nitrogens with zero attached hydrogens (tertiary/aromatic N) is 1. The fraction of sp³-hybridized carbons (Fsp3) is 0.308. The van der Waals surface area contributed by atoms with Crippen LogP contribution in [0, 0.1) is 12.7 Å². The summed E-state index contributed by atoms with van der Waals surface area (Å²) in [5.74, 6) is -0.232. The van der Waals surface area contributed by atoms with Crippen LogP contribution in [0.4, 0.5) is 4.39 Å². The van der Waals surface area contributed by atoms with Crippen molar-refractivity contribution in [3.8, 4) is 0 Å². The van der Waals surface area contributed by atoms with Crippen molar-refractivity contribution in [2.75, 3.05) is 0 Å². The van der Waals surface area contributed by atoms with E-state index >= 15 is 0 Å². The summed E-state index contributed by atoms with van der Waals surface area (Å²) < 4.78 is 13.2. The van der Waals surface area contributed by atoms with Crippen LogP contribution < -0.4 is 5.73 Å². The van der Waals surface area contributed by atoms with Gasteiger partial charge in [0.2, 0.25) is 0 Å². The molecule has 3 heteroatoms. The van der Waals surface area contributed by atoms with Crippen molar-refractivity contribution < 1.29 is 4.39 Å². The van der Waals surface area contributed by atoms with Crippen molar-refractivity contribution in [3.63, 3.8) is 0 Å². The number of aromatic nitrogens is 1. The summed E-state index contributed by atoms with van der Waals surface area (Å²) in [4.78, 5) is 4.38. The number of hydrogen-bond donors (Lipinski definition) is 1. The zero-order valence-corrected chi connectivity index (χ0v) is 9.50. The highest BCUT2D eigenvalue weighted by Crippen LogP contribution is 2.20. The third kappa shape index (κ3) is 2.19. The largest absolute Gasteiger partial charge is 0.328 e. The van der Waals surface area contributed by atoms with E-state index in [0.29, 0.717) is 0 Å². The maximum absolute atomic E-state index is 13.2. The van der Waals surface area contributed by atoms with Gasteiger partial charge in [0.1, 0.15) is 5.82 Å². The Kier molecular flexibility index (Phi) is 2.88. The summed E-state index contributed by atoms with van der Waals surface area (Å²) in [6.07, 6.45) is 0.739. The molecule has 0 radical (unpaired) electrons. The van der Waals surface area contributed by atoms with E-state index in [-0.39, 0.29) is 11.9 Å². The van der Waals surface area contributed by atoms with E-state index in [2.05, 4.69) is 4.98 Å². The number of fused-ring (bicyclic) bond motifs is 1. The third-order valence-corrected chi connectivity index (χ3v) is 2.53. The van der Waals surface area contributed by atoms with Crippen molar-refractivity contribution >= 4 is 10.9 Å². The van der Waals surface area contributed by atoms with Gasteiger partial charge in [-0.25, -0.2) is 4.39 Å². The lowest BCUT2D eigenvalue weighted by Gasteiger charge is -2.10. The standard InChI is InChI=1S/C13H15FN2/c1-8(15)5-10-6-9(2)16-13-4-3-11(14)7-12(10)13/h3-4,6-8H,5,15H2,1-2H3. The Morgan fingerprint density at radius 1 is 1.38 bits per heavy atom. The van der Waals surface area contributed by atoms with Gasteiger partial charge in [-0.05, 0) is 50.1 Å². The Morgan fingerprint density at radius 2 is 2.12 bits per heavy atom. The normalized spacial score (nSPS) is 13.0. The molecule has 0 amide bonds. The van der Waals surface area contributed by atoms with Crippen molar-refractivity contribution in [3.05, 3.63) is 41.3 Å². The topological polar surface area (TPSA) is 38.9 Å². The number of pyridine rings is 1. The second-order valence-corrected chi connectivity index (χ2v) is 4.27. The minimum Gasteiger partial charge on any atom is -0.328 e. The quantitative estimate of drug-likeness (QED) is 0.841. The Balaban J connectivity index is 2.64. The molecule has 0 fully saturated rings. The summed E-state index contributed by atoms with van der Waals surface area (Å²) in [7, 11) is 0. The Labute approximate surface area is 94.3 Å². The molecule has 0 aliphatic heterocycles. The van der Waals surface area contributed by atoms with Crippen LogP contribution in [0.3, 0.4) is 0 Å². The molecule has 1 unspecified atom stereocenters. The van der Waals surface area contributed by atoms with Gasteiger partial charge in [-0.2, -0.15) is 0 Å². The van der Waals surface area contributed by atoms with Gasteiger partial charge in [-0.3, -0.25) is 4.98 Å².